The molecule has 20 heavy (non-hydrogen) atoms. The first-order valence-electron chi connectivity index (χ1n) is 6.55. The third-order valence-corrected chi connectivity index (χ3v) is 4.95. The van der Waals surface area contributed by atoms with E-state index >= 15 is 0 Å². The zero-order chi connectivity index (χ0) is 15.4. The quantitative estimate of drug-likeness (QED) is 0.530. The van der Waals surface area contributed by atoms with Crippen LogP contribution >= 0.6 is 7.60 Å². The Bertz CT molecular complexity index is 444. The van der Waals surface area contributed by atoms with Gasteiger partial charge in [-0.25, -0.2) is 0 Å². The van der Waals surface area contributed by atoms with Gasteiger partial charge in [-0.1, -0.05) is 0 Å². The first-order chi connectivity index (χ1) is 9.25. The molecule has 1 atom stereocenters. The molecule has 0 spiro atoms. The van der Waals surface area contributed by atoms with Gasteiger partial charge in [0.1, 0.15) is 12.3 Å². The summed E-state index contributed by atoms with van der Waals surface area (Å²) >= 11 is 0. The minimum absolute atomic E-state index is 0.104. The SMILES string of the molecule is CCOP(=O)(CC(=O)OC1C=CC(=O)C1(C)C)OCC. The van der Waals surface area contributed by atoms with Gasteiger partial charge in [0, 0.05) is 0 Å². The van der Waals surface area contributed by atoms with Crippen molar-refractivity contribution in [2.75, 3.05) is 19.4 Å². The van der Waals surface area contributed by atoms with E-state index in [0.717, 1.165) is 0 Å². The van der Waals surface area contributed by atoms with E-state index in [4.69, 9.17) is 13.8 Å². The predicted molar refractivity (Wildman–Crippen MR) is 73.5 cm³/mol. The Kier molecular flexibility index (Phi) is 5.68. The van der Waals surface area contributed by atoms with Crippen molar-refractivity contribution in [3.8, 4) is 0 Å². The molecule has 0 saturated heterocycles. The number of hydrogen-bond acceptors (Lipinski definition) is 6. The summed E-state index contributed by atoms with van der Waals surface area (Å²) in [6.07, 6.45) is 1.82. The average Bonchev–Trinajstić information content (AvgIpc) is 2.56. The van der Waals surface area contributed by atoms with Crippen LogP contribution in [0.1, 0.15) is 27.7 Å². The largest absolute Gasteiger partial charge is 0.457 e. The molecule has 0 bridgehead atoms. The van der Waals surface area contributed by atoms with Crippen LogP contribution in [0.15, 0.2) is 12.2 Å². The van der Waals surface area contributed by atoms with E-state index < -0.39 is 31.2 Å². The fourth-order valence-corrected chi connectivity index (χ4v) is 3.25. The molecule has 0 aliphatic heterocycles. The Balaban J connectivity index is 2.66. The molecule has 0 fully saturated rings. The number of ether oxygens (including phenoxy) is 1. The number of esters is 1. The minimum atomic E-state index is -3.47. The van der Waals surface area contributed by atoms with Crippen LogP contribution in [-0.4, -0.2) is 37.2 Å². The van der Waals surface area contributed by atoms with Crippen LogP contribution in [0.3, 0.4) is 0 Å². The number of hydrogen-bond donors (Lipinski definition) is 0. The van der Waals surface area contributed by atoms with Gasteiger partial charge in [0.15, 0.2) is 5.78 Å². The Hall–Kier alpha value is -0.970. The molecular weight excluding hydrogens is 283 g/mol. The second kappa shape index (κ2) is 6.66. The van der Waals surface area contributed by atoms with E-state index in [1.165, 1.54) is 12.2 Å². The van der Waals surface area contributed by atoms with Crippen molar-refractivity contribution in [2.45, 2.75) is 33.8 Å². The average molecular weight is 304 g/mol. The Morgan fingerprint density at radius 2 is 1.85 bits per heavy atom. The van der Waals surface area contributed by atoms with Crippen molar-refractivity contribution in [1.29, 1.82) is 0 Å². The van der Waals surface area contributed by atoms with Gasteiger partial charge in [-0.15, -0.1) is 0 Å². The normalized spacial score (nSPS) is 21.2. The molecule has 0 saturated carbocycles. The van der Waals surface area contributed by atoms with Crippen molar-refractivity contribution in [1.82, 2.24) is 0 Å². The van der Waals surface area contributed by atoms with Gasteiger partial charge in [-0.3, -0.25) is 14.2 Å². The summed E-state index contributed by atoms with van der Waals surface area (Å²) in [6, 6.07) is 0. The second-order valence-electron chi connectivity index (χ2n) is 4.96. The minimum Gasteiger partial charge on any atom is -0.457 e. The zero-order valence-corrected chi connectivity index (χ0v) is 13.1. The molecule has 1 unspecified atom stereocenters. The fraction of sp³-hybridized carbons (Fsp3) is 0.692. The fourth-order valence-electron chi connectivity index (χ4n) is 1.82. The third-order valence-electron chi connectivity index (χ3n) is 3.00. The lowest BCUT2D eigenvalue weighted by Crippen LogP contribution is -2.34. The Labute approximate surface area is 119 Å². The standard InChI is InChI=1S/C13H21O6P/c1-5-17-20(16,18-6-2)9-12(15)19-11-8-7-10(14)13(11,3)4/h7-8,11H,5-6,9H2,1-4H3. The van der Waals surface area contributed by atoms with Gasteiger partial charge in [0.2, 0.25) is 0 Å². The van der Waals surface area contributed by atoms with E-state index in [1.807, 2.05) is 0 Å². The molecule has 0 aromatic heterocycles. The molecule has 0 radical (unpaired) electrons. The third kappa shape index (κ3) is 4.01. The molecule has 0 aromatic rings. The molecule has 0 N–H and O–H groups in total. The molecular formula is C13H21O6P. The number of allylic oxidation sites excluding steroid dienone is 1. The molecule has 1 aliphatic rings. The summed E-state index contributed by atoms with van der Waals surface area (Å²) < 4.78 is 27.5. The molecule has 1 rings (SSSR count). The summed E-state index contributed by atoms with van der Waals surface area (Å²) in [6.45, 7) is 7.07. The summed E-state index contributed by atoms with van der Waals surface area (Å²) in [5.74, 6) is -0.805. The van der Waals surface area contributed by atoms with Gasteiger partial charge < -0.3 is 13.8 Å². The molecule has 0 amide bonds. The lowest BCUT2D eigenvalue weighted by molar-refractivity contribution is -0.149. The van der Waals surface area contributed by atoms with Crippen molar-refractivity contribution in [2.24, 2.45) is 5.41 Å². The van der Waals surface area contributed by atoms with Gasteiger partial charge in [0.05, 0.1) is 18.6 Å². The van der Waals surface area contributed by atoms with Crippen LogP contribution in [0, 0.1) is 5.41 Å². The van der Waals surface area contributed by atoms with E-state index in [-0.39, 0.29) is 19.0 Å². The monoisotopic (exact) mass is 304 g/mol. The van der Waals surface area contributed by atoms with Gasteiger partial charge >= 0.3 is 13.6 Å². The van der Waals surface area contributed by atoms with Crippen LogP contribution in [0.4, 0.5) is 0 Å². The van der Waals surface area contributed by atoms with E-state index in [9.17, 15) is 14.2 Å². The van der Waals surface area contributed by atoms with Crippen LogP contribution in [-0.2, 0) is 27.9 Å². The molecule has 7 heteroatoms. The maximum absolute atomic E-state index is 12.2. The van der Waals surface area contributed by atoms with Crippen molar-refractivity contribution < 1.29 is 27.9 Å². The maximum atomic E-state index is 12.2. The summed E-state index contributed by atoms with van der Waals surface area (Å²) in [7, 11) is -3.47. The molecule has 114 valence electrons. The van der Waals surface area contributed by atoms with Crippen LogP contribution in [0.25, 0.3) is 0 Å². The number of rotatable bonds is 7. The van der Waals surface area contributed by atoms with Crippen LogP contribution in [0.2, 0.25) is 0 Å². The lowest BCUT2D eigenvalue weighted by Gasteiger charge is -2.25. The summed E-state index contributed by atoms with van der Waals surface area (Å²) in [4.78, 5) is 23.5. The highest BCUT2D eigenvalue weighted by Crippen LogP contribution is 2.48. The molecule has 0 heterocycles. The van der Waals surface area contributed by atoms with Gasteiger partial charge in [0.25, 0.3) is 0 Å². The highest BCUT2D eigenvalue weighted by Gasteiger charge is 2.41. The first-order valence-corrected chi connectivity index (χ1v) is 8.28. The molecule has 6 nitrogen and oxygen atoms in total. The van der Waals surface area contributed by atoms with Crippen molar-refractivity contribution >= 4 is 19.3 Å². The highest BCUT2D eigenvalue weighted by molar-refractivity contribution is 7.54. The smallest absolute Gasteiger partial charge is 0.341 e. The summed E-state index contributed by atoms with van der Waals surface area (Å²) in [5.41, 5.74) is -0.795. The number of carbonyl (C=O) groups is 2. The highest BCUT2D eigenvalue weighted by atomic mass is 31.2. The van der Waals surface area contributed by atoms with Gasteiger partial charge in [-0.05, 0) is 39.8 Å². The Morgan fingerprint density at radius 1 is 1.30 bits per heavy atom. The second-order valence-corrected chi connectivity index (χ2v) is 7.01. The first kappa shape index (κ1) is 17.1. The Morgan fingerprint density at radius 3 is 2.25 bits per heavy atom. The molecule has 1 aliphatic carbocycles. The zero-order valence-electron chi connectivity index (χ0n) is 12.3. The van der Waals surface area contributed by atoms with E-state index in [1.54, 1.807) is 27.7 Å². The van der Waals surface area contributed by atoms with Crippen LogP contribution < -0.4 is 0 Å². The van der Waals surface area contributed by atoms with E-state index in [0.29, 0.717) is 0 Å². The topological polar surface area (TPSA) is 78.9 Å². The van der Waals surface area contributed by atoms with Crippen LogP contribution in [0.5, 0.6) is 0 Å². The maximum Gasteiger partial charge on any atom is 0.341 e. The van der Waals surface area contributed by atoms with Crippen molar-refractivity contribution in [3.63, 3.8) is 0 Å². The van der Waals surface area contributed by atoms with E-state index in [2.05, 4.69) is 0 Å². The number of ketones is 1. The predicted octanol–water partition coefficient (Wildman–Crippen LogP) is 2.33. The van der Waals surface area contributed by atoms with Crippen molar-refractivity contribution in [3.05, 3.63) is 12.2 Å². The van der Waals surface area contributed by atoms with Gasteiger partial charge in [-0.2, -0.15) is 0 Å². The molecule has 0 aromatic carbocycles. The number of carbonyl (C=O) groups excluding carboxylic acids is 2. The lowest BCUT2D eigenvalue weighted by atomic mass is 9.87. The summed E-state index contributed by atoms with van der Waals surface area (Å²) in [5, 5.41) is 0.